The van der Waals surface area contributed by atoms with E-state index in [9.17, 15) is 8.78 Å². The van der Waals surface area contributed by atoms with Gasteiger partial charge in [-0.3, -0.25) is 4.98 Å². The largest absolute Gasteiger partial charge is 0.351 e. The molecule has 5 heteroatoms. The Bertz CT molecular complexity index is 706. The molecule has 0 saturated heterocycles. The first kappa shape index (κ1) is 9.72. The zero-order chi connectivity index (χ0) is 11.3. The molecule has 0 unspecified atom stereocenters. The standard InChI is InChI=1S/C11H5BrF2N2/c12-5-1-9-11(15-4-5)7-2-6(13)3-8(14)10(7)16-9/h1-4,16H. The first-order chi connectivity index (χ1) is 7.65. The van der Waals surface area contributed by atoms with Gasteiger partial charge >= 0.3 is 0 Å². The lowest BCUT2D eigenvalue weighted by Crippen LogP contribution is -1.81. The van der Waals surface area contributed by atoms with Crippen molar-refractivity contribution in [1.29, 1.82) is 0 Å². The summed E-state index contributed by atoms with van der Waals surface area (Å²) in [5.41, 5.74) is 1.52. The van der Waals surface area contributed by atoms with E-state index in [0.717, 1.165) is 10.5 Å². The Morgan fingerprint density at radius 2 is 2.00 bits per heavy atom. The number of fused-ring (bicyclic) bond motifs is 3. The van der Waals surface area contributed by atoms with Crippen LogP contribution in [0.4, 0.5) is 8.78 Å². The van der Waals surface area contributed by atoms with E-state index in [1.54, 1.807) is 12.3 Å². The lowest BCUT2D eigenvalue weighted by Gasteiger charge is -1.93. The number of H-pyrrole nitrogens is 1. The number of aromatic nitrogens is 2. The first-order valence-corrected chi connectivity index (χ1v) is 5.36. The van der Waals surface area contributed by atoms with Crippen molar-refractivity contribution in [1.82, 2.24) is 9.97 Å². The van der Waals surface area contributed by atoms with Crippen LogP contribution in [0.2, 0.25) is 0 Å². The quantitative estimate of drug-likeness (QED) is 0.668. The highest BCUT2D eigenvalue weighted by molar-refractivity contribution is 9.10. The van der Waals surface area contributed by atoms with Crippen molar-refractivity contribution in [2.24, 2.45) is 0 Å². The minimum Gasteiger partial charge on any atom is -0.351 e. The van der Waals surface area contributed by atoms with Gasteiger partial charge in [0.25, 0.3) is 0 Å². The maximum absolute atomic E-state index is 13.5. The van der Waals surface area contributed by atoms with E-state index in [2.05, 4.69) is 25.9 Å². The maximum Gasteiger partial charge on any atom is 0.150 e. The van der Waals surface area contributed by atoms with Crippen molar-refractivity contribution < 1.29 is 8.78 Å². The van der Waals surface area contributed by atoms with Crippen LogP contribution in [0.3, 0.4) is 0 Å². The molecule has 16 heavy (non-hydrogen) atoms. The van der Waals surface area contributed by atoms with Gasteiger partial charge in [-0.2, -0.15) is 0 Å². The van der Waals surface area contributed by atoms with E-state index in [1.165, 1.54) is 6.07 Å². The molecule has 0 atom stereocenters. The second-order valence-corrected chi connectivity index (χ2v) is 4.40. The molecule has 0 radical (unpaired) electrons. The van der Waals surface area contributed by atoms with Crippen LogP contribution in [-0.2, 0) is 0 Å². The van der Waals surface area contributed by atoms with Gasteiger partial charge in [-0.05, 0) is 28.1 Å². The molecule has 2 nitrogen and oxygen atoms in total. The van der Waals surface area contributed by atoms with E-state index in [1.807, 2.05) is 0 Å². The lowest BCUT2D eigenvalue weighted by atomic mass is 10.2. The van der Waals surface area contributed by atoms with Gasteiger partial charge in [-0.25, -0.2) is 8.78 Å². The Balaban J connectivity index is 2.55. The Morgan fingerprint density at radius 1 is 1.19 bits per heavy atom. The fraction of sp³-hybridized carbons (Fsp3) is 0. The third-order valence-electron chi connectivity index (χ3n) is 2.42. The van der Waals surface area contributed by atoms with Crippen LogP contribution >= 0.6 is 15.9 Å². The van der Waals surface area contributed by atoms with E-state index in [0.29, 0.717) is 16.4 Å². The van der Waals surface area contributed by atoms with Gasteiger partial charge < -0.3 is 4.98 Å². The van der Waals surface area contributed by atoms with Gasteiger partial charge in [0.05, 0.1) is 16.6 Å². The number of hydrogen-bond donors (Lipinski definition) is 1. The number of nitrogens with zero attached hydrogens (tertiary/aromatic N) is 1. The van der Waals surface area contributed by atoms with Crippen LogP contribution in [0.25, 0.3) is 21.9 Å². The predicted molar refractivity (Wildman–Crippen MR) is 61.2 cm³/mol. The van der Waals surface area contributed by atoms with Crippen LogP contribution in [0.5, 0.6) is 0 Å². The number of benzene rings is 1. The van der Waals surface area contributed by atoms with E-state index in [-0.39, 0.29) is 5.52 Å². The zero-order valence-corrected chi connectivity index (χ0v) is 9.48. The molecule has 1 aromatic carbocycles. The average molecular weight is 283 g/mol. The number of halogens is 3. The van der Waals surface area contributed by atoms with Gasteiger partial charge in [-0.15, -0.1) is 0 Å². The van der Waals surface area contributed by atoms with Crippen molar-refractivity contribution in [3.63, 3.8) is 0 Å². The van der Waals surface area contributed by atoms with E-state index >= 15 is 0 Å². The molecule has 0 amide bonds. The van der Waals surface area contributed by atoms with E-state index < -0.39 is 11.6 Å². The molecule has 80 valence electrons. The molecular weight excluding hydrogens is 278 g/mol. The molecule has 0 aliphatic heterocycles. The Hall–Kier alpha value is -1.49. The van der Waals surface area contributed by atoms with Crippen LogP contribution in [0, 0.1) is 11.6 Å². The molecular formula is C11H5BrF2N2. The summed E-state index contributed by atoms with van der Waals surface area (Å²) >= 11 is 3.27. The summed E-state index contributed by atoms with van der Waals surface area (Å²) in [5.74, 6) is -1.21. The van der Waals surface area contributed by atoms with Gasteiger partial charge in [-0.1, -0.05) is 0 Å². The van der Waals surface area contributed by atoms with Crippen molar-refractivity contribution in [2.45, 2.75) is 0 Å². The molecule has 0 aliphatic carbocycles. The fourth-order valence-electron chi connectivity index (χ4n) is 1.77. The van der Waals surface area contributed by atoms with Gasteiger partial charge in [0.1, 0.15) is 11.6 Å². The van der Waals surface area contributed by atoms with Crippen molar-refractivity contribution in [2.75, 3.05) is 0 Å². The minimum absolute atomic E-state index is 0.280. The second kappa shape index (κ2) is 3.25. The smallest absolute Gasteiger partial charge is 0.150 e. The molecule has 3 aromatic rings. The summed E-state index contributed by atoms with van der Waals surface area (Å²) in [4.78, 5) is 7.02. The van der Waals surface area contributed by atoms with Crippen molar-refractivity contribution in [3.8, 4) is 0 Å². The number of pyridine rings is 1. The second-order valence-electron chi connectivity index (χ2n) is 3.48. The Labute approximate surface area is 97.4 Å². The van der Waals surface area contributed by atoms with Crippen LogP contribution in [-0.4, -0.2) is 9.97 Å². The summed E-state index contributed by atoms with van der Waals surface area (Å²) in [7, 11) is 0. The molecule has 0 spiro atoms. The third-order valence-corrected chi connectivity index (χ3v) is 2.86. The molecule has 3 rings (SSSR count). The highest BCUT2D eigenvalue weighted by atomic mass is 79.9. The van der Waals surface area contributed by atoms with E-state index in [4.69, 9.17) is 0 Å². The summed E-state index contributed by atoms with van der Waals surface area (Å²) in [6, 6.07) is 3.91. The van der Waals surface area contributed by atoms with Crippen LogP contribution < -0.4 is 0 Å². The zero-order valence-electron chi connectivity index (χ0n) is 7.89. The van der Waals surface area contributed by atoms with Gasteiger partial charge in [0.15, 0.2) is 0 Å². The van der Waals surface area contributed by atoms with Gasteiger partial charge in [0, 0.05) is 22.1 Å². The van der Waals surface area contributed by atoms with Crippen LogP contribution in [0.15, 0.2) is 28.9 Å². The van der Waals surface area contributed by atoms with Gasteiger partial charge in [0.2, 0.25) is 0 Å². The molecule has 0 saturated carbocycles. The summed E-state index contributed by atoms with van der Waals surface area (Å²) in [6.07, 6.45) is 1.60. The lowest BCUT2D eigenvalue weighted by molar-refractivity contribution is 0.591. The predicted octanol–water partition coefficient (Wildman–Crippen LogP) is 3.76. The Kier molecular flexibility index (Phi) is 1.97. The minimum atomic E-state index is -0.607. The molecule has 0 aliphatic rings. The monoisotopic (exact) mass is 282 g/mol. The van der Waals surface area contributed by atoms with Crippen molar-refractivity contribution >= 4 is 37.9 Å². The van der Waals surface area contributed by atoms with Crippen molar-refractivity contribution in [3.05, 3.63) is 40.5 Å². The number of aromatic amines is 1. The summed E-state index contributed by atoms with van der Waals surface area (Å²) in [6.45, 7) is 0. The average Bonchev–Trinajstić information content (AvgIpc) is 2.56. The third kappa shape index (κ3) is 1.31. The number of rotatable bonds is 0. The molecule has 2 aromatic heterocycles. The fourth-order valence-corrected chi connectivity index (χ4v) is 2.10. The number of hydrogen-bond acceptors (Lipinski definition) is 1. The molecule has 1 N–H and O–H groups in total. The topological polar surface area (TPSA) is 28.7 Å². The highest BCUT2D eigenvalue weighted by Crippen LogP contribution is 2.27. The number of nitrogens with one attached hydrogen (secondary N) is 1. The SMILES string of the molecule is Fc1cc(F)c2[nH]c3cc(Br)cnc3c2c1. The molecule has 0 bridgehead atoms. The summed E-state index contributed by atoms with van der Waals surface area (Å²) in [5, 5.41) is 0.458. The normalized spacial score (nSPS) is 11.4. The maximum atomic E-state index is 13.5. The first-order valence-electron chi connectivity index (χ1n) is 4.57. The highest BCUT2D eigenvalue weighted by Gasteiger charge is 2.11. The molecule has 2 heterocycles. The summed E-state index contributed by atoms with van der Waals surface area (Å²) < 4.78 is 27.4. The van der Waals surface area contributed by atoms with Crippen LogP contribution in [0.1, 0.15) is 0 Å². The molecule has 0 fully saturated rings. The Morgan fingerprint density at radius 3 is 2.81 bits per heavy atom.